The van der Waals surface area contributed by atoms with Crippen LogP contribution in [-0.2, 0) is 21.2 Å². The molecule has 1 amide bonds. The molecule has 0 spiro atoms. The lowest BCUT2D eigenvalue weighted by Gasteiger charge is -2.15. The van der Waals surface area contributed by atoms with Gasteiger partial charge in [0.25, 0.3) is 0 Å². The van der Waals surface area contributed by atoms with Crippen LogP contribution in [0.2, 0.25) is 0 Å². The van der Waals surface area contributed by atoms with Crippen LogP contribution in [0, 0.1) is 0 Å². The van der Waals surface area contributed by atoms with Crippen molar-refractivity contribution in [1.29, 1.82) is 0 Å². The molecule has 1 aromatic carbocycles. The number of anilines is 2. The second-order valence-corrected chi connectivity index (χ2v) is 5.99. The predicted octanol–water partition coefficient (Wildman–Crippen LogP) is 1.86. The summed E-state index contributed by atoms with van der Waals surface area (Å²) in [6.07, 6.45) is 0.469. The van der Waals surface area contributed by atoms with Crippen LogP contribution in [0.5, 0.6) is 0 Å². The van der Waals surface area contributed by atoms with E-state index in [0.29, 0.717) is 24.2 Å². The Morgan fingerprint density at radius 2 is 2.00 bits per heavy atom. The van der Waals surface area contributed by atoms with Gasteiger partial charge in [0.2, 0.25) is 5.91 Å². The van der Waals surface area contributed by atoms with E-state index in [4.69, 9.17) is 0 Å². The van der Waals surface area contributed by atoms with E-state index < -0.39 is 15.5 Å². The first-order valence-electron chi connectivity index (χ1n) is 5.62. The van der Waals surface area contributed by atoms with Crippen LogP contribution in [0.4, 0.5) is 24.5 Å². The quantitative estimate of drug-likeness (QED) is 0.907. The van der Waals surface area contributed by atoms with E-state index in [-0.39, 0.29) is 11.6 Å². The maximum Gasteiger partial charge on any atom is 0.516 e. The monoisotopic (exact) mass is 308 g/mol. The number of alkyl halides is 3. The second kappa shape index (κ2) is 4.65. The van der Waals surface area contributed by atoms with Crippen LogP contribution in [0.1, 0.15) is 12.5 Å². The Kier molecular flexibility index (Phi) is 3.41. The van der Waals surface area contributed by atoms with Crippen molar-refractivity contribution in [1.82, 2.24) is 0 Å². The summed E-state index contributed by atoms with van der Waals surface area (Å²) in [5.41, 5.74) is -4.32. The van der Waals surface area contributed by atoms with Gasteiger partial charge >= 0.3 is 15.5 Å². The highest BCUT2D eigenvalue weighted by molar-refractivity contribution is 7.93. The van der Waals surface area contributed by atoms with Gasteiger partial charge in [0.15, 0.2) is 0 Å². The van der Waals surface area contributed by atoms with E-state index in [0.717, 1.165) is 0 Å². The normalized spacial score (nSPS) is 15.1. The number of carbonyl (C=O) groups excluding carboxylic acids is 1. The number of benzene rings is 1. The fraction of sp³-hybridized carbons (Fsp3) is 0.364. The molecule has 20 heavy (non-hydrogen) atoms. The summed E-state index contributed by atoms with van der Waals surface area (Å²) >= 11 is 0. The number of hydrogen-bond acceptors (Lipinski definition) is 3. The summed E-state index contributed by atoms with van der Waals surface area (Å²) in [7, 11) is -5.43. The maximum atomic E-state index is 12.3. The minimum absolute atomic E-state index is 0.174. The predicted molar refractivity (Wildman–Crippen MR) is 66.8 cm³/mol. The molecule has 0 unspecified atom stereocenters. The van der Waals surface area contributed by atoms with Gasteiger partial charge in [-0.15, -0.1) is 0 Å². The van der Waals surface area contributed by atoms with Gasteiger partial charge in [0, 0.05) is 24.8 Å². The molecule has 0 fully saturated rings. The number of sulfonamides is 1. The third-order valence-electron chi connectivity index (χ3n) is 2.91. The van der Waals surface area contributed by atoms with E-state index in [2.05, 4.69) is 0 Å². The lowest BCUT2D eigenvalue weighted by Crippen LogP contribution is -2.30. The minimum atomic E-state index is -5.43. The second-order valence-electron chi connectivity index (χ2n) is 4.32. The molecule has 110 valence electrons. The molecule has 0 saturated carbocycles. The molecule has 0 aromatic heterocycles. The van der Waals surface area contributed by atoms with Gasteiger partial charge in [-0.2, -0.15) is 21.6 Å². The Morgan fingerprint density at radius 1 is 1.35 bits per heavy atom. The van der Waals surface area contributed by atoms with Gasteiger partial charge in [0.05, 0.1) is 0 Å². The molecule has 1 aliphatic rings. The Hall–Kier alpha value is -1.77. The van der Waals surface area contributed by atoms with Gasteiger partial charge in [-0.1, -0.05) is 0 Å². The highest BCUT2D eigenvalue weighted by atomic mass is 32.2. The number of amides is 1. The zero-order valence-electron chi connectivity index (χ0n) is 10.4. The van der Waals surface area contributed by atoms with E-state index in [1.54, 1.807) is 0 Å². The highest BCUT2D eigenvalue weighted by Crippen LogP contribution is 2.32. The first-order chi connectivity index (χ1) is 9.12. The summed E-state index contributed by atoms with van der Waals surface area (Å²) in [4.78, 5) is 12.8. The molecule has 1 aromatic rings. The van der Waals surface area contributed by atoms with Gasteiger partial charge in [-0.05, 0) is 30.2 Å². The van der Waals surface area contributed by atoms with Crippen molar-refractivity contribution >= 4 is 27.3 Å². The largest absolute Gasteiger partial charge is 0.516 e. The van der Waals surface area contributed by atoms with Gasteiger partial charge in [0.1, 0.15) is 0 Å². The van der Waals surface area contributed by atoms with Crippen molar-refractivity contribution < 1.29 is 26.4 Å². The summed E-state index contributed by atoms with van der Waals surface area (Å²) in [5, 5.41) is 0. The SMILES string of the molecule is CC(=O)N1CCc2cc(NS(=O)(=O)C(F)(F)F)ccc21. The Balaban J connectivity index is 2.29. The molecule has 0 saturated heterocycles. The number of hydrogen-bond donors (Lipinski definition) is 1. The smallest absolute Gasteiger partial charge is 0.312 e. The van der Waals surface area contributed by atoms with Crippen LogP contribution < -0.4 is 9.62 Å². The maximum absolute atomic E-state index is 12.3. The van der Waals surface area contributed by atoms with Crippen molar-refractivity contribution in [3.63, 3.8) is 0 Å². The van der Waals surface area contributed by atoms with E-state index in [9.17, 15) is 26.4 Å². The highest BCUT2D eigenvalue weighted by Gasteiger charge is 2.46. The summed E-state index contributed by atoms with van der Waals surface area (Å²) in [6.45, 7) is 1.81. The number of rotatable bonds is 2. The first kappa shape index (κ1) is 14.6. The van der Waals surface area contributed by atoms with Gasteiger partial charge < -0.3 is 4.90 Å². The van der Waals surface area contributed by atoms with Crippen molar-refractivity contribution in [2.45, 2.75) is 18.9 Å². The number of nitrogens with one attached hydrogen (secondary N) is 1. The molecule has 1 N–H and O–H groups in total. The molecule has 0 bridgehead atoms. The molecule has 2 rings (SSSR count). The van der Waals surface area contributed by atoms with E-state index in [1.807, 2.05) is 0 Å². The fourth-order valence-electron chi connectivity index (χ4n) is 2.01. The van der Waals surface area contributed by atoms with Gasteiger partial charge in [-0.25, -0.2) is 0 Å². The van der Waals surface area contributed by atoms with Crippen molar-refractivity contribution in [2.75, 3.05) is 16.2 Å². The topological polar surface area (TPSA) is 66.5 Å². The number of nitrogens with zero attached hydrogens (tertiary/aromatic N) is 1. The van der Waals surface area contributed by atoms with Crippen LogP contribution in [0.15, 0.2) is 18.2 Å². The van der Waals surface area contributed by atoms with E-state index in [1.165, 1.54) is 34.7 Å². The molecule has 0 atom stereocenters. The van der Waals surface area contributed by atoms with Crippen molar-refractivity contribution in [3.05, 3.63) is 23.8 Å². The summed E-state index contributed by atoms with van der Waals surface area (Å²) < 4.78 is 60.2. The van der Waals surface area contributed by atoms with Crippen LogP contribution in [0.3, 0.4) is 0 Å². The van der Waals surface area contributed by atoms with Crippen molar-refractivity contribution in [2.24, 2.45) is 0 Å². The molecule has 0 radical (unpaired) electrons. The Labute approximate surface area is 113 Å². The Morgan fingerprint density at radius 3 is 2.55 bits per heavy atom. The van der Waals surface area contributed by atoms with Crippen LogP contribution >= 0.6 is 0 Å². The van der Waals surface area contributed by atoms with Crippen LogP contribution in [-0.4, -0.2) is 26.4 Å². The third kappa shape index (κ3) is 2.58. The first-order valence-corrected chi connectivity index (χ1v) is 7.10. The van der Waals surface area contributed by atoms with Crippen molar-refractivity contribution in [3.8, 4) is 0 Å². The molecule has 5 nitrogen and oxygen atoms in total. The lowest BCUT2D eigenvalue weighted by atomic mass is 10.1. The fourth-order valence-corrected chi connectivity index (χ4v) is 2.56. The van der Waals surface area contributed by atoms with E-state index >= 15 is 0 Å². The molecule has 9 heteroatoms. The Bertz CT molecular complexity index is 655. The lowest BCUT2D eigenvalue weighted by molar-refractivity contribution is -0.116. The number of fused-ring (bicyclic) bond motifs is 1. The summed E-state index contributed by atoms with van der Waals surface area (Å²) in [6, 6.07) is 3.93. The number of carbonyl (C=O) groups is 1. The average molecular weight is 308 g/mol. The molecular weight excluding hydrogens is 297 g/mol. The van der Waals surface area contributed by atoms with Gasteiger partial charge in [-0.3, -0.25) is 9.52 Å². The van der Waals surface area contributed by atoms with Crippen LogP contribution in [0.25, 0.3) is 0 Å². The molecular formula is C11H11F3N2O3S. The molecule has 0 aliphatic carbocycles. The average Bonchev–Trinajstić information content (AvgIpc) is 2.69. The standard InChI is InChI=1S/C11H11F3N2O3S/c1-7(17)16-5-4-8-6-9(2-3-10(8)16)15-20(18,19)11(12,13)14/h2-3,6,15H,4-5H2,1H3. The molecule has 1 heterocycles. The molecule has 1 aliphatic heterocycles. The zero-order chi connectivity index (χ0) is 15.1. The third-order valence-corrected chi connectivity index (χ3v) is 4.03. The number of halogens is 3. The summed E-state index contributed by atoms with van der Waals surface area (Å²) in [5.74, 6) is -0.174. The minimum Gasteiger partial charge on any atom is -0.312 e. The zero-order valence-corrected chi connectivity index (χ0v) is 11.2.